The number of rotatable bonds is 5. The number of furan rings is 1. The molecule has 0 radical (unpaired) electrons. The first-order valence-corrected chi connectivity index (χ1v) is 21.4. The van der Waals surface area contributed by atoms with Crippen LogP contribution in [0.5, 0.6) is 0 Å². The Kier molecular flexibility index (Phi) is 7.62. The SMILES string of the molecule is CC1(C)c2ccccc2-c2ccc(N(c3ccccc3)c3ccc4ccccc4c3N3c4ccccc4C(C)(C)c4cc(-c5cccc6c5oc5ccccc56)ccc43)cc21. The molecule has 0 fully saturated rings. The molecule has 0 unspecified atom stereocenters. The molecule has 10 aromatic rings. The number of anilines is 6. The van der Waals surface area contributed by atoms with Gasteiger partial charge in [0.2, 0.25) is 0 Å². The van der Waals surface area contributed by atoms with Crippen LogP contribution in [0.25, 0.3) is 55.0 Å². The van der Waals surface area contributed by atoms with Gasteiger partial charge in [-0.25, -0.2) is 0 Å². The van der Waals surface area contributed by atoms with Crippen LogP contribution in [-0.2, 0) is 10.8 Å². The summed E-state index contributed by atoms with van der Waals surface area (Å²) in [5.74, 6) is 0. The van der Waals surface area contributed by atoms with Crippen molar-refractivity contribution in [2.45, 2.75) is 38.5 Å². The van der Waals surface area contributed by atoms with Crippen molar-refractivity contribution in [1.29, 1.82) is 0 Å². The third-order valence-electron chi connectivity index (χ3n) is 13.6. The average Bonchev–Trinajstić information content (AvgIpc) is 3.79. The predicted octanol–water partition coefficient (Wildman–Crippen LogP) is 16.3. The molecule has 2 aliphatic rings. The molecule has 12 rings (SSSR count). The Hall–Kier alpha value is -7.36. The van der Waals surface area contributed by atoms with Crippen LogP contribution in [0.3, 0.4) is 0 Å². The van der Waals surface area contributed by atoms with E-state index < -0.39 is 0 Å². The minimum atomic E-state index is -0.301. The molecular weight excluding hydrogens is 741 g/mol. The van der Waals surface area contributed by atoms with Gasteiger partial charge in [-0.05, 0) is 98.9 Å². The van der Waals surface area contributed by atoms with Crippen molar-refractivity contribution in [3.8, 4) is 22.3 Å². The summed E-state index contributed by atoms with van der Waals surface area (Å²) in [4.78, 5) is 5.02. The van der Waals surface area contributed by atoms with Crippen molar-refractivity contribution in [2.75, 3.05) is 9.80 Å². The Bertz CT molecular complexity index is 3390. The highest BCUT2D eigenvalue weighted by molar-refractivity contribution is 6.11. The van der Waals surface area contributed by atoms with Gasteiger partial charge in [-0.15, -0.1) is 0 Å². The molecule has 61 heavy (non-hydrogen) atoms. The van der Waals surface area contributed by atoms with E-state index in [1.165, 1.54) is 55.5 Å². The van der Waals surface area contributed by atoms with Crippen LogP contribution < -0.4 is 9.80 Å². The van der Waals surface area contributed by atoms with Gasteiger partial charge in [0.25, 0.3) is 0 Å². The van der Waals surface area contributed by atoms with Gasteiger partial charge in [0.15, 0.2) is 0 Å². The number of hydrogen-bond acceptors (Lipinski definition) is 3. The van der Waals surface area contributed by atoms with Gasteiger partial charge in [-0.3, -0.25) is 0 Å². The molecule has 292 valence electrons. The smallest absolute Gasteiger partial charge is 0.143 e. The minimum absolute atomic E-state index is 0.142. The molecule has 0 spiro atoms. The third-order valence-corrected chi connectivity index (χ3v) is 13.6. The molecule has 0 N–H and O–H groups in total. The standard InChI is InChI=1S/C58H44N2O/c1-57(2)47-25-12-10-21-43(47)44-32-31-40(36-49(44)57)59(39-18-6-5-7-19-39)53-34-29-37-17-8-9-20-41(37)55(53)60-51-27-14-13-26-48(51)58(3,4)50-35-38(30-33-52(50)60)42-23-16-24-46-45-22-11-15-28-54(45)61-56(42)46/h5-36H,1-4H3. The van der Waals surface area contributed by atoms with Gasteiger partial charge in [0.1, 0.15) is 11.2 Å². The second kappa shape index (κ2) is 13.1. The molecule has 1 aliphatic carbocycles. The van der Waals surface area contributed by atoms with E-state index in [4.69, 9.17) is 4.42 Å². The van der Waals surface area contributed by atoms with Crippen LogP contribution in [0, 0.1) is 0 Å². The molecule has 3 heteroatoms. The molecule has 0 bridgehead atoms. The van der Waals surface area contributed by atoms with Crippen LogP contribution in [0.4, 0.5) is 34.1 Å². The van der Waals surface area contributed by atoms with Crippen LogP contribution in [0.1, 0.15) is 49.9 Å². The molecule has 1 aromatic heterocycles. The Morgan fingerprint density at radius 3 is 1.95 bits per heavy atom. The van der Waals surface area contributed by atoms with Gasteiger partial charge < -0.3 is 14.2 Å². The fourth-order valence-electron chi connectivity index (χ4n) is 10.6. The van der Waals surface area contributed by atoms with E-state index in [0.717, 1.165) is 55.8 Å². The lowest BCUT2D eigenvalue weighted by Crippen LogP contribution is -2.31. The average molecular weight is 785 g/mol. The second-order valence-corrected chi connectivity index (χ2v) is 17.7. The van der Waals surface area contributed by atoms with Crippen LogP contribution >= 0.6 is 0 Å². The number of benzene rings is 9. The maximum Gasteiger partial charge on any atom is 0.143 e. The van der Waals surface area contributed by atoms with E-state index in [1.54, 1.807) is 0 Å². The summed E-state index contributed by atoms with van der Waals surface area (Å²) in [7, 11) is 0. The first kappa shape index (κ1) is 35.6. The minimum Gasteiger partial charge on any atom is -0.455 e. The van der Waals surface area contributed by atoms with E-state index in [1.807, 2.05) is 6.07 Å². The molecule has 9 aromatic carbocycles. The van der Waals surface area contributed by atoms with E-state index in [-0.39, 0.29) is 10.8 Å². The number of hydrogen-bond donors (Lipinski definition) is 0. The number of para-hydroxylation sites is 4. The normalized spacial score (nSPS) is 14.5. The topological polar surface area (TPSA) is 19.6 Å². The van der Waals surface area contributed by atoms with E-state index in [9.17, 15) is 0 Å². The molecule has 2 heterocycles. The van der Waals surface area contributed by atoms with Gasteiger partial charge in [-0.2, -0.15) is 0 Å². The van der Waals surface area contributed by atoms with E-state index in [0.29, 0.717) is 0 Å². The molecule has 1 aliphatic heterocycles. The highest BCUT2D eigenvalue weighted by Gasteiger charge is 2.40. The predicted molar refractivity (Wildman–Crippen MR) is 256 cm³/mol. The lowest BCUT2D eigenvalue weighted by Gasteiger charge is -2.44. The van der Waals surface area contributed by atoms with Crippen molar-refractivity contribution < 1.29 is 4.42 Å². The Balaban J connectivity index is 1.12. The summed E-state index contributed by atoms with van der Waals surface area (Å²) in [5, 5.41) is 4.65. The van der Waals surface area contributed by atoms with Crippen molar-refractivity contribution in [3.05, 3.63) is 216 Å². The van der Waals surface area contributed by atoms with Gasteiger partial charge >= 0.3 is 0 Å². The molecular formula is C58H44N2O. The van der Waals surface area contributed by atoms with Crippen molar-refractivity contribution >= 4 is 66.8 Å². The third kappa shape index (κ3) is 5.17. The molecule has 3 nitrogen and oxygen atoms in total. The zero-order valence-corrected chi connectivity index (χ0v) is 34.8. The molecule has 0 amide bonds. The Morgan fingerprint density at radius 2 is 1.08 bits per heavy atom. The van der Waals surface area contributed by atoms with Gasteiger partial charge in [0.05, 0.1) is 22.7 Å². The largest absolute Gasteiger partial charge is 0.455 e. The van der Waals surface area contributed by atoms with Crippen molar-refractivity contribution in [3.63, 3.8) is 0 Å². The summed E-state index contributed by atoms with van der Waals surface area (Å²) >= 11 is 0. The van der Waals surface area contributed by atoms with Crippen LogP contribution in [0.15, 0.2) is 199 Å². The second-order valence-electron chi connectivity index (χ2n) is 17.7. The monoisotopic (exact) mass is 784 g/mol. The molecule has 0 atom stereocenters. The zero-order chi connectivity index (χ0) is 41.0. The first-order valence-electron chi connectivity index (χ1n) is 21.4. The van der Waals surface area contributed by atoms with Crippen molar-refractivity contribution in [1.82, 2.24) is 0 Å². The maximum absolute atomic E-state index is 6.60. The fourth-order valence-corrected chi connectivity index (χ4v) is 10.6. The van der Waals surface area contributed by atoms with Crippen molar-refractivity contribution in [2.24, 2.45) is 0 Å². The number of nitrogens with zero attached hydrogens (tertiary/aromatic N) is 2. The highest BCUT2D eigenvalue weighted by atomic mass is 16.3. The Morgan fingerprint density at radius 1 is 0.426 bits per heavy atom. The summed E-state index contributed by atoms with van der Waals surface area (Å²) in [6, 6.07) is 71.2. The van der Waals surface area contributed by atoms with Gasteiger partial charge in [-0.1, -0.05) is 167 Å². The maximum atomic E-state index is 6.60. The summed E-state index contributed by atoms with van der Waals surface area (Å²) < 4.78 is 6.60. The lowest BCUT2D eigenvalue weighted by molar-refractivity contribution is 0.632. The molecule has 0 saturated carbocycles. The molecule has 0 saturated heterocycles. The van der Waals surface area contributed by atoms with Gasteiger partial charge in [0, 0.05) is 43.9 Å². The summed E-state index contributed by atoms with van der Waals surface area (Å²) in [6.07, 6.45) is 0. The Labute approximate surface area is 356 Å². The van der Waals surface area contributed by atoms with E-state index >= 15 is 0 Å². The summed E-state index contributed by atoms with van der Waals surface area (Å²) in [5.41, 5.74) is 18.4. The first-order chi connectivity index (χ1) is 29.8. The van der Waals surface area contributed by atoms with Crippen LogP contribution in [0.2, 0.25) is 0 Å². The highest BCUT2D eigenvalue weighted by Crippen LogP contribution is 2.58. The zero-order valence-electron chi connectivity index (χ0n) is 34.8. The van der Waals surface area contributed by atoms with E-state index in [2.05, 4.69) is 226 Å². The van der Waals surface area contributed by atoms with Crippen LogP contribution in [-0.4, -0.2) is 0 Å². The summed E-state index contributed by atoms with van der Waals surface area (Å²) in [6.45, 7) is 9.47. The fraction of sp³-hybridized carbons (Fsp3) is 0.103. The lowest BCUT2D eigenvalue weighted by atomic mass is 9.72. The number of fused-ring (bicyclic) bond motifs is 9. The quantitative estimate of drug-likeness (QED) is 0.173.